The summed E-state index contributed by atoms with van der Waals surface area (Å²) in [5.74, 6) is 0.415. The molecule has 3 unspecified atom stereocenters. The topological polar surface area (TPSA) is 41.1 Å². The highest BCUT2D eigenvalue weighted by Crippen LogP contribution is 2.18. The number of rotatable bonds is 4. The van der Waals surface area contributed by atoms with Gasteiger partial charge in [0.25, 0.3) is 0 Å². The second kappa shape index (κ2) is 6.53. The molecule has 4 heteroatoms. The number of hydrogen-bond donors (Lipinski definition) is 2. The van der Waals surface area contributed by atoms with Gasteiger partial charge in [-0.1, -0.05) is 0 Å². The second-order valence-corrected chi connectivity index (χ2v) is 7.08. The molecule has 0 saturated carbocycles. The van der Waals surface area contributed by atoms with E-state index in [-0.39, 0.29) is 17.9 Å². The summed E-state index contributed by atoms with van der Waals surface area (Å²) in [5, 5.41) is 6.55. The lowest BCUT2D eigenvalue weighted by Crippen LogP contribution is -2.45. The molecule has 1 amide bonds. The standard InChI is InChI=1S/C15H24N2OS/c1-10-8-13(6-7-16-10)15(18)17-11(2)9-14-5-4-12(3)19-14/h4-5,10-11,13,16H,6-9H2,1-3H3,(H,17,18). The summed E-state index contributed by atoms with van der Waals surface area (Å²) in [5.41, 5.74) is 0. The van der Waals surface area contributed by atoms with Crippen molar-refractivity contribution in [1.29, 1.82) is 0 Å². The van der Waals surface area contributed by atoms with Crippen LogP contribution >= 0.6 is 11.3 Å². The first-order chi connectivity index (χ1) is 9.04. The molecule has 2 heterocycles. The average molecular weight is 280 g/mol. The summed E-state index contributed by atoms with van der Waals surface area (Å²) in [7, 11) is 0. The van der Waals surface area contributed by atoms with Gasteiger partial charge in [0.15, 0.2) is 0 Å². The first-order valence-electron chi connectivity index (χ1n) is 7.13. The summed E-state index contributed by atoms with van der Waals surface area (Å²) in [6.07, 6.45) is 2.85. The quantitative estimate of drug-likeness (QED) is 0.889. The molecular weight excluding hydrogens is 256 g/mol. The molecule has 1 aliphatic rings. The fraction of sp³-hybridized carbons (Fsp3) is 0.667. The largest absolute Gasteiger partial charge is 0.353 e. The third kappa shape index (κ3) is 4.32. The van der Waals surface area contributed by atoms with Crippen molar-refractivity contribution in [3.63, 3.8) is 0 Å². The van der Waals surface area contributed by atoms with Crippen LogP contribution in [-0.2, 0) is 11.2 Å². The number of carbonyl (C=O) groups excluding carboxylic acids is 1. The molecule has 1 aromatic heterocycles. The van der Waals surface area contributed by atoms with Gasteiger partial charge in [-0.3, -0.25) is 4.79 Å². The van der Waals surface area contributed by atoms with Gasteiger partial charge in [-0.2, -0.15) is 0 Å². The zero-order valence-corrected chi connectivity index (χ0v) is 12.8. The number of amides is 1. The van der Waals surface area contributed by atoms with Crippen molar-refractivity contribution in [2.75, 3.05) is 6.54 Å². The fourth-order valence-corrected chi connectivity index (χ4v) is 3.70. The predicted molar refractivity (Wildman–Crippen MR) is 80.6 cm³/mol. The Labute approximate surface area is 119 Å². The summed E-state index contributed by atoms with van der Waals surface area (Å²) in [4.78, 5) is 14.9. The summed E-state index contributed by atoms with van der Waals surface area (Å²) < 4.78 is 0. The smallest absolute Gasteiger partial charge is 0.223 e. The molecule has 3 nitrogen and oxygen atoms in total. The molecule has 0 bridgehead atoms. The minimum Gasteiger partial charge on any atom is -0.353 e. The molecule has 2 N–H and O–H groups in total. The Hall–Kier alpha value is -0.870. The Morgan fingerprint density at radius 3 is 3.00 bits per heavy atom. The molecule has 1 aromatic rings. The lowest BCUT2D eigenvalue weighted by molar-refractivity contribution is -0.126. The SMILES string of the molecule is Cc1ccc(CC(C)NC(=O)C2CCNC(C)C2)s1. The van der Waals surface area contributed by atoms with Crippen molar-refractivity contribution in [2.24, 2.45) is 5.92 Å². The maximum Gasteiger partial charge on any atom is 0.223 e. The van der Waals surface area contributed by atoms with E-state index in [1.807, 2.05) is 11.3 Å². The van der Waals surface area contributed by atoms with Crippen molar-refractivity contribution in [3.05, 3.63) is 21.9 Å². The molecule has 1 fully saturated rings. The van der Waals surface area contributed by atoms with E-state index in [2.05, 4.69) is 43.5 Å². The number of carbonyl (C=O) groups is 1. The van der Waals surface area contributed by atoms with Gasteiger partial charge in [0.2, 0.25) is 5.91 Å². The summed E-state index contributed by atoms with van der Waals surface area (Å²) in [6.45, 7) is 7.32. The van der Waals surface area contributed by atoms with E-state index in [9.17, 15) is 4.79 Å². The Morgan fingerprint density at radius 1 is 1.58 bits per heavy atom. The van der Waals surface area contributed by atoms with Gasteiger partial charge in [0.1, 0.15) is 0 Å². The third-order valence-electron chi connectivity index (χ3n) is 3.69. The molecule has 0 aliphatic carbocycles. The van der Waals surface area contributed by atoms with Gasteiger partial charge >= 0.3 is 0 Å². The average Bonchev–Trinajstić information content (AvgIpc) is 2.74. The van der Waals surface area contributed by atoms with Crippen LogP contribution in [-0.4, -0.2) is 24.5 Å². The van der Waals surface area contributed by atoms with E-state index in [1.54, 1.807) is 0 Å². The molecule has 0 spiro atoms. The predicted octanol–water partition coefficient (Wildman–Crippen LogP) is 2.49. The number of hydrogen-bond acceptors (Lipinski definition) is 3. The van der Waals surface area contributed by atoms with Crippen LogP contribution in [0, 0.1) is 12.8 Å². The van der Waals surface area contributed by atoms with Gasteiger partial charge < -0.3 is 10.6 Å². The van der Waals surface area contributed by atoms with Crippen molar-refractivity contribution < 1.29 is 4.79 Å². The Morgan fingerprint density at radius 2 is 2.37 bits per heavy atom. The molecular formula is C15H24N2OS. The summed E-state index contributed by atoms with van der Waals surface area (Å²) in [6, 6.07) is 4.98. The van der Waals surface area contributed by atoms with E-state index in [0.29, 0.717) is 6.04 Å². The molecule has 106 valence electrons. The Bertz CT molecular complexity index is 430. The van der Waals surface area contributed by atoms with Gasteiger partial charge in [-0.15, -0.1) is 11.3 Å². The van der Waals surface area contributed by atoms with E-state index in [4.69, 9.17) is 0 Å². The van der Waals surface area contributed by atoms with Crippen LogP contribution in [0.3, 0.4) is 0 Å². The van der Waals surface area contributed by atoms with Crippen LogP contribution in [0.4, 0.5) is 0 Å². The monoisotopic (exact) mass is 280 g/mol. The minimum absolute atomic E-state index is 0.184. The number of aryl methyl sites for hydroxylation is 1. The Kier molecular flexibility index (Phi) is 4.99. The van der Waals surface area contributed by atoms with Crippen molar-refractivity contribution in [1.82, 2.24) is 10.6 Å². The van der Waals surface area contributed by atoms with Gasteiger partial charge in [-0.05, 0) is 52.3 Å². The highest BCUT2D eigenvalue weighted by molar-refractivity contribution is 7.11. The van der Waals surface area contributed by atoms with E-state index >= 15 is 0 Å². The van der Waals surface area contributed by atoms with E-state index < -0.39 is 0 Å². The van der Waals surface area contributed by atoms with Gasteiger partial charge in [0, 0.05) is 34.2 Å². The lowest BCUT2D eigenvalue weighted by atomic mass is 9.92. The molecule has 0 radical (unpaired) electrons. The number of thiophene rings is 1. The highest BCUT2D eigenvalue weighted by atomic mass is 32.1. The van der Waals surface area contributed by atoms with Gasteiger partial charge in [-0.25, -0.2) is 0 Å². The Balaban J connectivity index is 1.81. The molecule has 3 atom stereocenters. The van der Waals surface area contributed by atoms with Crippen LogP contribution in [0.2, 0.25) is 0 Å². The third-order valence-corrected chi connectivity index (χ3v) is 4.71. The molecule has 1 saturated heterocycles. The van der Waals surface area contributed by atoms with Crippen molar-refractivity contribution >= 4 is 17.2 Å². The van der Waals surface area contributed by atoms with Crippen LogP contribution in [0.25, 0.3) is 0 Å². The van der Waals surface area contributed by atoms with Crippen molar-refractivity contribution in [3.8, 4) is 0 Å². The summed E-state index contributed by atoms with van der Waals surface area (Å²) >= 11 is 1.82. The zero-order chi connectivity index (χ0) is 13.8. The maximum atomic E-state index is 12.2. The molecule has 2 rings (SSSR count). The fourth-order valence-electron chi connectivity index (χ4n) is 2.68. The number of nitrogens with one attached hydrogen (secondary N) is 2. The van der Waals surface area contributed by atoms with E-state index in [1.165, 1.54) is 9.75 Å². The van der Waals surface area contributed by atoms with Gasteiger partial charge in [0.05, 0.1) is 0 Å². The number of piperidine rings is 1. The molecule has 19 heavy (non-hydrogen) atoms. The minimum atomic E-state index is 0.184. The first-order valence-corrected chi connectivity index (χ1v) is 7.95. The van der Waals surface area contributed by atoms with Crippen LogP contribution in [0.5, 0.6) is 0 Å². The molecule has 0 aromatic carbocycles. The normalized spacial score (nSPS) is 25.0. The maximum absolute atomic E-state index is 12.2. The lowest BCUT2D eigenvalue weighted by Gasteiger charge is -2.28. The van der Waals surface area contributed by atoms with E-state index in [0.717, 1.165) is 25.8 Å². The van der Waals surface area contributed by atoms with Crippen LogP contribution < -0.4 is 10.6 Å². The highest BCUT2D eigenvalue weighted by Gasteiger charge is 2.25. The zero-order valence-electron chi connectivity index (χ0n) is 12.0. The van der Waals surface area contributed by atoms with Crippen LogP contribution in [0.1, 0.15) is 36.4 Å². The van der Waals surface area contributed by atoms with Crippen molar-refractivity contribution in [2.45, 2.75) is 52.1 Å². The van der Waals surface area contributed by atoms with Crippen LogP contribution in [0.15, 0.2) is 12.1 Å². The molecule has 1 aliphatic heterocycles. The second-order valence-electron chi connectivity index (χ2n) is 5.70. The first kappa shape index (κ1) is 14.5.